The van der Waals surface area contributed by atoms with Gasteiger partial charge in [-0.2, -0.15) is 0 Å². The van der Waals surface area contributed by atoms with Crippen LogP contribution in [-0.4, -0.2) is 35.0 Å². The van der Waals surface area contributed by atoms with Crippen molar-refractivity contribution in [2.75, 3.05) is 0 Å². The van der Waals surface area contributed by atoms with Gasteiger partial charge in [0.2, 0.25) is 11.8 Å². The maximum atomic E-state index is 13.4. The van der Waals surface area contributed by atoms with E-state index in [4.69, 9.17) is 11.6 Å². The van der Waals surface area contributed by atoms with E-state index in [-0.39, 0.29) is 12.8 Å². The number of carboxylic acids is 1. The summed E-state index contributed by atoms with van der Waals surface area (Å²) < 4.78 is 14.1. The number of carboxylic acid groups (broad SMARTS) is 1. The van der Waals surface area contributed by atoms with Crippen LogP contribution in [0.2, 0.25) is 5.02 Å². The molecule has 0 spiro atoms. The number of hydrogen-bond donors (Lipinski definition) is 3. The summed E-state index contributed by atoms with van der Waals surface area (Å²) in [5, 5.41) is 14.9. The third kappa shape index (κ3) is 7.14. The van der Waals surface area contributed by atoms with E-state index < -0.39 is 35.7 Å². The molecular formula is C20H19BrClFN2O4. The van der Waals surface area contributed by atoms with E-state index in [2.05, 4.69) is 26.6 Å². The van der Waals surface area contributed by atoms with Gasteiger partial charge >= 0.3 is 5.97 Å². The number of nitrogens with one attached hydrogen (secondary N) is 2. The highest BCUT2D eigenvalue weighted by Gasteiger charge is 2.27. The topological polar surface area (TPSA) is 95.5 Å². The SMILES string of the molecule is CC(=O)N[C@@H](Cc1cccc(F)c1)C(=O)N[C@H](Cc1cc(Cl)ccc1Br)C(=O)O. The summed E-state index contributed by atoms with van der Waals surface area (Å²) in [6.07, 6.45) is -0.00859. The second-order valence-corrected chi connectivity index (χ2v) is 7.72. The number of benzene rings is 2. The predicted molar refractivity (Wildman–Crippen MR) is 110 cm³/mol. The zero-order valence-corrected chi connectivity index (χ0v) is 17.8. The number of rotatable bonds is 8. The monoisotopic (exact) mass is 484 g/mol. The van der Waals surface area contributed by atoms with Crippen LogP contribution in [0.4, 0.5) is 4.39 Å². The van der Waals surface area contributed by atoms with E-state index in [0.29, 0.717) is 20.6 Å². The zero-order valence-electron chi connectivity index (χ0n) is 15.4. The minimum atomic E-state index is -1.25. The fourth-order valence-corrected chi connectivity index (χ4v) is 3.35. The molecule has 0 saturated carbocycles. The Morgan fingerprint density at radius 3 is 2.45 bits per heavy atom. The molecule has 2 atom stereocenters. The van der Waals surface area contributed by atoms with Crippen LogP contribution in [-0.2, 0) is 27.2 Å². The van der Waals surface area contributed by atoms with Gasteiger partial charge in [-0.15, -0.1) is 0 Å². The third-order valence-corrected chi connectivity index (χ3v) is 5.08. The Labute approximate surface area is 180 Å². The highest BCUT2D eigenvalue weighted by molar-refractivity contribution is 9.10. The predicted octanol–water partition coefficient (Wildman–Crippen LogP) is 3.10. The van der Waals surface area contributed by atoms with Crippen molar-refractivity contribution in [3.05, 3.63) is 68.9 Å². The minimum absolute atomic E-state index is 0.0103. The fourth-order valence-electron chi connectivity index (χ4n) is 2.75. The van der Waals surface area contributed by atoms with Gasteiger partial charge < -0.3 is 15.7 Å². The van der Waals surface area contributed by atoms with Crippen molar-refractivity contribution in [1.82, 2.24) is 10.6 Å². The van der Waals surface area contributed by atoms with Gasteiger partial charge in [0, 0.05) is 29.3 Å². The molecule has 154 valence electrons. The molecule has 29 heavy (non-hydrogen) atoms. The van der Waals surface area contributed by atoms with Crippen LogP contribution in [0, 0.1) is 5.82 Å². The number of carbonyl (C=O) groups is 3. The van der Waals surface area contributed by atoms with Crippen LogP contribution >= 0.6 is 27.5 Å². The molecule has 0 saturated heterocycles. The third-order valence-electron chi connectivity index (χ3n) is 4.07. The molecule has 0 heterocycles. The summed E-state index contributed by atoms with van der Waals surface area (Å²) in [7, 11) is 0. The first kappa shape index (κ1) is 22.8. The molecule has 9 heteroatoms. The van der Waals surface area contributed by atoms with Gasteiger partial charge in [-0.25, -0.2) is 9.18 Å². The van der Waals surface area contributed by atoms with Crippen LogP contribution in [0.3, 0.4) is 0 Å². The van der Waals surface area contributed by atoms with Gasteiger partial charge in [0.1, 0.15) is 17.9 Å². The van der Waals surface area contributed by atoms with Crippen LogP contribution < -0.4 is 10.6 Å². The molecule has 6 nitrogen and oxygen atoms in total. The van der Waals surface area contributed by atoms with Crippen molar-refractivity contribution in [3.63, 3.8) is 0 Å². The molecule has 2 rings (SSSR count). The average Bonchev–Trinajstić information content (AvgIpc) is 2.63. The van der Waals surface area contributed by atoms with Crippen molar-refractivity contribution in [2.45, 2.75) is 31.8 Å². The molecular weight excluding hydrogens is 467 g/mol. The quantitative estimate of drug-likeness (QED) is 0.535. The molecule has 2 amide bonds. The van der Waals surface area contributed by atoms with Gasteiger partial charge in [-0.05, 0) is 41.5 Å². The van der Waals surface area contributed by atoms with Crippen LogP contribution in [0.25, 0.3) is 0 Å². The Hall–Kier alpha value is -2.45. The van der Waals surface area contributed by atoms with E-state index in [1.54, 1.807) is 24.3 Å². The molecule has 0 bridgehead atoms. The van der Waals surface area contributed by atoms with Gasteiger partial charge in [-0.3, -0.25) is 9.59 Å². The van der Waals surface area contributed by atoms with Gasteiger partial charge in [0.25, 0.3) is 0 Å². The van der Waals surface area contributed by atoms with E-state index in [1.165, 1.54) is 25.1 Å². The number of carbonyl (C=O) groups excluding carboxylic acids is 2. The second-order valence-electron chi connectivity index (χ2n) is 6.43. The molecule has 0 fully saturated rings. The molecule has 0 aliphatic heterocycles. The molecule has 0 aromatic heterocycles. The molecule has 0 unspecified atom stereocenters. The maximum Gasteiger partial charge on any atom is 0.326 e. The second kappa shape index (κ2) is 10.4. The summed E-state index contributed by atoms with van der Waals surface area (Å²) in [6, 6.07) is 8.25. The van der Waals surface area contributed by atoms with E-state index in [0.717, 1.165) is 0 Å². The molecule has 0 aliphatic rings. The average molecular weight is 486 g/mol. The first-order valence-corrected chi connectivity index (χ1v) is 9.81. The fraction of sp³-hybridized carbons (Fsp3) is 0.250. The lowest BCUT2D eigenvalue weighted by Gasteiger charge is -2.21. The van der Waals surface area contributed by atoms with Gasteiger partial charge in [0.15, 0.2) is 0 Å². The molecule has 0 radical (unpaired) electrons. The molecule has 2 aromatic carbocycles. The zero-order chi connectivity index (χ0) is 21.6. The Morgan fingerprint density at radius 2 is 1.83 bits per heavy atom. The van der Waals surface area contributed by atoms with Crippen molar-refractivity contribution >= 4 is 45.3 Å². The lowest BCUT2D eigenvalue weighted by molar-refractivity contribution is -0.142. The van der Waals surface area contributed by atoms with Crippen LogP contribution in [0.5, 0.6) is 0 Å². The van der Waals surface area contributed by atoms with E-state index in [1.807, 2.05) is 0 Å². The normalized spacial score (nSPS) is 12.7. The molecule has 0 aliphatic carbocycles. The maximum absolute atomic E-state index is 13.4. The Bertz CT molecular complexity index is 925. The summed E-state index contributed by atoms with van der Waals surface area (Å²) in [6.45, 7) is 1.24. The Morgan fingerprint density at radius 1 is 1.10 bits per heavy atom. The highest BCUT2D eigenvalue weighted by atomic mass is 79.9. The van der Waals surface area contributed by atoms with Crippen molar-refractivity contribution < 1.29 is 23.9 Å². The number of amides is 2. The molecule has 2 aromatic rings. The lowest BCUT2D eigenvalue weighted by atomic mass is 10.0. The standard InChI is InChI=1S/C20H19BrClFN2O4/c1-11(26)24-17(8-12-3-2-4-15(23)7-12)19(27)25-18(20(28)29)10-13-9-14(22)5-6-16(13)21/h2-7,9,17-18H,8,10H2,1H3,(H,24,26)(H,25,27)(H,28,29)/t17-,18+/m0/s1. The molecule has 3 N–H and O–H groups in total. The van der Waals surface area contributed by atoms with E-state index >= 15 is 0 Å². The highest BCUT2D eigenvalue weighted by Crippen LogP contribution is 2.22. The van der Waals surface area contributed by atoms with Gasteiger partial charge in [-0.1, -0.05) is 39.7 Å². The van der Waals surface area contributed by atoms with Crippen molar-refractivity contribution in [3.8, 4) is 0 Å². The largest absolute Gasteiger partial charge is 0.480 e. The van der Waals surface area contributed by atoms with Crippen molar-refractivity contribution in [1.29, 1.82) is 0 Å². The van der Waals surface area contributed by atoms with Crippen LogP contribution in [0.1, 0.15) is 18.1 Å². The Kier molecular flexibility index (Phi) is 8.16. The lowest BCUT2D eigenvalue weighted by Crippen LogP contribution is -2.52. The smallest absolute Gasteiger partial charge is 0.326 e. The number of halogens is 3. The summed E-state index contributed by atoms with van der Waals surface area (Å²) in [5.74, 6) is -2.86. The summed E-state index contributed by atoms with van der Waals surface area (Å²) >= 11 is 9.29. The number of hydrogen-bond acceptors (Lipinski definition) is 3. The number of aliphatic carboxylic acids is 1. The van der Waals surface area contributed by atoms with Crippen molar-refractivity contribution in [2.24, 2.45) is 0 Å². The van der Waals surface area contributed by atoms with Gasteiger partial charge in [0.05, 0.1) is 0 Å². The summed E-state index contributed by atoms with van der Waals surface area (Å²) in [4.78, 5) is 35.9. The minimum Gasteiger partial charge on any atom is -0.480 e. The summed E-state index contributed by atoms with van der Waals surface area (Å²) in [5.41, 5.74) is 1.09. The van der Waals surface area contributed by atoms with E-state index in [9.17, 15) is 23.9 Å². The first-order valence-electron chi connectivity index (χ1n) is 8.64. The van der Waals surface area contributed by atoms with Crippen LogP contribution in [0.15, 0.2) is 46.9 Å². The Balaban J connectivity index is 2.18. The first-order chi connectivity index (χ1) is 13.7.